The van der Waals surface area contributed by atoms with Crippen molar-refractivity contribution in [3.63, 3.8) is 0 Å². The third kappa shape index (κ3) is 7.05. The van der Waals surface area contributed by atoms with Gasteiger partial charge < -0.3 is 10.2 Å². The number of sulfonamides is 1. The molecular formula is C25H35N3O4S. The number of nitrogens with one attached hydrogen (secondary N) is 1. The number of nitrogens with zero attached hydrogens (tertiary/aromatic N) is 2. The minimum Gasteiger partial charge on any atom is -0.355 e. The maximum Gasteiger partial charge on any atom is 0.244 e. The van der Waals surface area contributed by atoms with Crippen molar-refractivity contribution < 1.29 is 18.0 Å². The molecule has 0 saturated carbocycles. The molecule has 33 heavy (non-hydrogen) atoms. The fourth-order valence-corrected chi connectivity index (χ4v) is 4.58. The van der Waals surface area contributed by atoms with Crippen LogP contribution in [0.5, 0.6) is 0 Å². The first-order chi connectivity index (χ1) is 15.5. The van der Waals surface area contributed by atoms with Gasteiger partial charge in [-0.3, -0.25) is 13.9 Å². The van der Waals surface area contributed by atoms with Crippen molar-refractivity contribution in [1.82, 2.24) is 10.2 Å². The Hall–Kier alpha value is -2.87. The van der Waals surface area contributed by atoms with Gasteiger partial charge in [-0.25, -0.2) is 8.42 Å². The molecule has 1 atom stereocenters. The summed E-state index contributed by atoms with van der Waals surface area (Å²) >= 11 is 0. The van der Waals surface area contributed by atoms with Crippen LogP contribution in [0.4, 0.5) is 5.69 Å². The van der Waals surface area contributed by atoms with Gasteiger partial charge >= 0.3 is 0 Å². The van der Waals surface area contributed by atoms with E-state index in [2.05, 4.69) is 5.32 Å². The number of carbonyl (C=O) groups excluding carboxylic acids is 2. The summed E-state index contributed by atoms with van der Waals surface area (Å²) in [4.78, 5) is 27.6. The summed E-state index contributed by atoms with van der Waals surface area (Å²) in [6.07, 6.45) is 1.09. The average molecular weight is 474 g/mol. The molecule has 2 aromatic rings. The quantitative estimate of drug-likeness (QED) is 0.573. The van der Waals surface area contributed by atoms with Crippen LogP contribution in [0, 0.1) is 6.92 Å². The molecule has 8 heteroatoms. The summed E-state index contributed by atoms with van der Waals surface area (Å²) in [7, 11) is -3.75. The second-order valence-corrected chi connectivity index (χ2v) is 10.5. The summed E-state index contributed by atoms with van der Waals surface area (Å²) in [5, 5.41) is 2.75. The van der Waals surface area contributed by atoms with Crippen LogP contribution in [0.15, 0.2) is 48.5 Å². The molecule has 0 aliphatic carbocycles. The fourth-order valence-electron chi connectivity index (χ4n) is 3.71. The van der Waals surface area contributed by atoms with Gasteiger partial charge in [0.2, 0.25) is 21.8 Å². The zero-order valence-corrected chi connectivity index (χ0v) is 21.1. The molecular weight excluding hydrogens is 438 g/mol. The number of anilines is 1. The molecule has 0 heterocycles. The third-order valence-corrected chi connectivity index (χ3v) is 6.59. The zero-order chi connectivity index (χ0) is 24.8. The number of aryl methyl sites for hydroxylation is 1. The highest BCUT2D eigenvalue weighted by Gasteiger charge is 2.30. The van der Waals surface area contributed by atoms with Crippen molar-refractivity contribution in [2.75, 3.05) is 23.7 Å². The third-order valence-electron chi connectivity index (χ3n) is 5.46. The van der Waals surface area contributed by atoms with Crippen molar-refractivity contribution in [2.45, 2.75) is 53.1 Å². The van der Waals surface area contributed by atoms with Gasteiger partial charge in [0.15, 0.2) is 0 Å². The first-order valence-electron chi connectivity index (χ1n) is 11.1. The van der Waals surface area contributed by atoms with Gasteiger partial charge in [-0.15, -0.1) is 0 Å². The summed E-state index contributed by atoms with van der Waals surface area (Å²) in [6, 6.07) is 14.1. The minimum atomic E-state index is -3.75. The van der Waals surface area contributed by atoms with Crippen LogP contribution in [0.3, 0.4) is 0 Å². The Labute approximate surface area is 197 Å². The lowest BCUT2D eigenvalue weighted by atomic mass is 10.0. The Morgan fingerprint density at radius 2 is 1.70 bits per heavy atom. The molecule has 0 radical (unpaired) electrons. The highest BCUT2D eigenvalue weighted by atomic mass is 32.2. The molecule has 180 valence electrons. The molecule has 2 amide bonds. The Morgan fingerprint density at radius 1 is 1.03 bits per heavy atom. The van der Waals surface area contributed by atoms with Crippen LogP contribution < -0.4 is 9.62 Å². The summed E-state index contributed by atoms with van der Waals surface area (Å²) in [5.41, 5.74) is 3.21. The molecule has 0 spiro atoms. The summed E-state index contributed by atoms with van der Waals surface area (Å²) in [5.74, 6) is -0.663. The fraction of sp³-hybridized carbons (Fsp3) is 0.440. The van der Waals surface area contributed by atoms with Crippen molar-refractivity contribution in [2.24, 2.45) is 0 Å². The maximum atomic E-state index is 13.5. The Balaban J connectivity index is 2.45. The second kappa shape index (κ2) is 11.3. The molecule has 0 unspecified atom stereocenters. The van der Waals surface area contributed by atoms with Crippen LogP contribution in [0.2, 0.25) is 0 Å². The van der Waals surface area contributed by atoms with Crippen molar-refractivity contribution in [3.8, 4) is 0 Å². The lowest BCUT2D eigenvalue weighted by molar-refractivity contribution is -0.139. The zero-order valence-electron chi connectivity index (χ0n) is 20.3. The van der Waals surface area contributed by atoms with Crippen LogP contribution in [0.1, 0.15) is 50.3 Å². The number of likely N-dealkylation sites (N-methyl/N-ethyl adjacent to an activating group) is 1. The van der Waals surface area contributed by atoms with Crippen LogP contribution >= 0.6 is 0 Å². The van der Waals surface area contributed by atoms with E-state index in [4.69, 9.17) is 0 Å². The molecule has 0 aliphatic heterocycles. The molecule has 2 aromatic carbocycles. The average Bonchev–Trinajstić information content (AvgIpc) is 2.74. The van der Waals surface area contributed by atoms with E-state index in [9.17, 15) is 18.0 Å². The van der Waals surface area contributed by atoms with Crippen LogP contribution in [-0.2, 0) is 26.2 Å². The largest absolute Gasteiger partial charge is 0.355 e. The van der Waals surface area contributed by atoms with Crippen molar-refractivity contribution in [1.29, 1.82) is 0 Å². The number of para-hydroxylation sites is 1. The SMILES string of the molecule is CCNC(=O)[C@H](C)N(Cc1cccc(C)c1)C(=O)CN(c1ccccc1C(C)C)S(C)(=O)=O. The number of hydrogen-bond acceptors (Lipinski definition) is 4. The standard InChI is InChI=1S/C25H35N3O4S/c1-7-26-25(30)20(5)27(16-21-12-10-11-19(4)15-21)24(29)17-28(33(6,31)32)23-14-9-8-13-22(23)18(2)3/h8-15,18,20H,7,16-17H2,1-6H3,(H,26,30)/t20-/m0/s1. The van der Waals surface area contributed by atoms with Gasteiger partial charge in [0.1, 0.15) is 12.6 Å². The Kier molecular flexibility index (Phi) is 9.05. The van der Waals surface area contributed by atoms with Gasteiger partial charge in [-0.1, -0.05) is 61.9 Å². The smallest absolute Gasteiger partial charge is 0.244 e. The van der Waals surface area contributed by atoms with Gasteiger partial charge in [-0.05, 0) is 43.9 Å². The first kappa shape index (κ1) is 26.4. The van der Waals surface area contributed by atoms with E-state index in [0.717, 1.165) is 27.3 Å². The molecule has 0 saturated heterocycles. The van der Waals surface area contributed by atoms with E-state index in [0.29, 0.717) is 12.2 Å². The predicted molar refractivity (Wildman–Crippen MR) is 133 cm³/mol. The highest BCUT2D eigenvalue weighted by Crippen LogP contribution is 2.29. The number of hydrogen-bond donors (Lipinski definition) is 1. The second-order valence-electron chi connectivity index (χ2n) is 8.56. The van der Waals surface area contributed by atoms with Crippen LogP contribution in [0.25, 0.3) is 0 Å². The van der Waals surface area contributed by atoms with Crippen molar-refractivity contribution in [3.05, 3.63) is 65.2 Å². The summed E-state index contributed by atoms with van der Waals surface area (Å²) < 4.78 is 26.6. The maximum absolute atomic E-state index is 13.5. The summed E-state index contributed by atoms with van der Waals surface area (Å²) in [6.45, 7) is 9.62. The van der Waals surface area contributed by atoms with Crippen molar-refractivity contribution >= 4 is 27.5 Å². The Morgan fingerprint density at radius 3 is 2.27 bits per heavy atom. The number of benzene rings is 2. The van der Waals surface area contributed by atoms with Gasteiger partial charge in [0, 0.05) is 13.1 Å². The van der Waals surface area contributed by atoms with Gasteiger partial charge in [-0.2, -0.15) is 0 Å². The van der Waals surface area contributed by atoms with Gasteiger partial charge in [0.25, 0.3) is 0 Å². The highest BCUT2D eigenvalue weighted by molar-refractivity contribution is 7.92. The number of carbonyl (C=O) groups is 2. The van der Waals surface area contributed by atoms with E-state index >= 15 is 0 Å². The molecule has 0 aromatic heterocycles. The normalized spacial score (nSPS) is 12.3. The number of amides is 2. The molecule has 1 N–H and O–H groups in total. The minimum absolute atomic E-state index is 0.0678. The van der Waals surface area contributed by atoms with Crippen LogP contribution in [-0.4, -0.2) is 50.5 Å². The van der Waals surface area contributed by atoms with E-state index in [1.54, 1.807) is 19.1 Å². The van der Waals surface area contributed by atoms with E-state index in [1.807, 2.05) is 64.1 Å². The molecule has 0 aliphatic rings. The Bertz CT molecular complexity index is 1080. The number of rotatable bonds is 10. The lowest BCUT2D eigenvalue weighted by Crippen LogP contribution is -2.51. The molecule has 2 rings (SSSR count). The predicted octanol–water partition coefficient (Wildman–Crippen LogP) is 3.44. The van der Waals surface area contributed by atoms with E-state index < -0.39 is 28.5 Å². The van der Waals surface area contributed by atoms with Gasteiger partial charge in [0.05, 0.1) is 11.9 Å². The molecule has 0 fully saturated rings. The molecule has 0 bridgehead atoms. The monoisotopic (exact) mass is 473 g/mol. The topological polar surface area (TPSA) is 86.8 Å². The van der Waals surface area contributed by atoms with E-state index in [-0.39, 0.29) is 18.4 Å². The first-order valence-corrected chi connectivity index (χ1v) is 13.0. The molecule has 7 nitrogen and oxygen atoms in total. The lowest BCUT2D eigenvalue weighted by Gasteiger charge is -2.32. The van der Waals surface area contributed by atoms with E-state index in [1.165, 1.54) is 4.90 Å².